The van der Waals surface area contributed by atoms with Crippen molar-refractivity contribution in [1.29, 1.82) is 0 Å². The van der Waals surface area contributed by atoms with Gasteiger partial charge in [0.1, 0.15) is 17.0 Å². The summed E-state index contributed by atoms with van der Waals surface area (Å²) in [5, 5.41) is 0.200. The number of rotatable bonds is 3. The number of nitrogens with one attached hydrogen (secondary N) is 1. The highest BCUT2D eigenvalue weighted by molar-refractivity contribution is 6.32. The summed E-state index contributed by atoms with van der Waals surface area (Å²) in [5.41, 5.74) is 7.01. The van der Waals surface area contributed by atoms with Crippen molar-refractivity contribution in [2.75, 3.05) is 5.73 Å². The summed E-state index contributed by atoms with van der Waals surface area (Å²) in [7, 11) is 0. The number of H-pyrrole nitrogens is 1. The largest absolute Gasteiger partial charge is 0.456 e. The first-order valence-corrected chi connectivity index (χ1v) is 8.45. The van der Waals surface area contributed by atoms with E-state index in [1.807, 2.05) is 0 Å². The Morgan fingerprint density at radius 1 is 1.04 bits per heavy atom. The zero-order valence-electron chi connectivity index (χ0n) is 14.1. The van der Waals surface area contributed by atoms with Crippen molar-refractivity contribution in [1.82, 2.24) is 15.0 Å². The van der Waals surface area contributed by atoms with Crippen LogP contribution < -0.4 is 10.5 Å². The molecule has 0 aliphatic heterocycles. The Balaban J connectivity index is 1.64. The van der Waals surface area contributed by atoms with Crippen molar-refractivity contribution in [3.8, 4) is 22.9 Å². The molecule has 0 saturated heterocycles. The Kier molecular flexibility index (Phi) is 4.35. The minimum atomic E-state index is -4.46. The molecular weight excluding hydrogens is 393 g/mol. The number of aromatic amines is 1. The number of fused-ring (bicyclic) bond motifs is 1. The highest BCUT2D eigenvalue weighted by Crippen LogP contribution is 2.36. The molecule has 0 aliphatic rings. The van der Waals surface area contributed by atoms with E-state index in [1.165, 1.54) is 12.1 Å². The molecule has 0 saturated carbocycles. The summed E-state index contributed by atoms with van der Waals surface area (Å²) in [5.74, 6) is 0.904. The molecule has 4 aromatic rings. The predicted octanol–water partition coefficient (Wildman–Crippen LogP) is 5.67. The van der Waals surface area contributed by atoms with Gasteiger partial charge in [0, 0.05) is 11.8 Å². The van der Waals surface area contributed by atoms with E-state index in [1.54, 1.807) is 30.5 Å². The van der Waals surface area contributed by atoms with Crippen LogP contribution in [0.25, 0.3) is 22.4 Å². The zero-order chi connectivity index (χ0) is 19.9. The Bertz CT molecular complexity index is 1170. The fourth-order valence-electron chi connectivity index (χ4n) is 2.68. The summed E-state index contributed by atoms with van der Waals surface area (Å²) in [6.45, 7) is 0. The lowest BCUT2D eigenvalue weighted by atomic mass is 10.2. The van der Waals surface area contributed by atoms with E-state index in [-0.39, 0.29) is 16.5 Å². The van der Waals surface area contributed by atoms with E-state index < -0.39 is 11.7 Å². The fraction of sp³-hybridized carbons (Fsp3) is 0.0526. The van der Waals surface area contributed by atoms with Crippen LogP contribution in [0, 0.1) is 0 Å². The topological polar surface area (TPSA) is 76.8 Å². The maximum atomic E-state index is 12.8. The van der Waals surface area contributed by atoms with Gasteiger partial charge in [0.25, 0.3) is 0 Å². The van der Waals surface area contributed by atoms with Crippen molar-refractivity contribution in [3.63, 3.8) is 0 Å². The Hall–Kier alpha value is -3.26. The second-order valence-corrected chi connectivity index (χ2v) is 6.35. The fourth-order valence-corrected chi connectivity index (χ4v) is 2.90. The summed E-state index contributed by atoms with van der Waals surface area (Å²) >= 11 is 6.26. The van der Waals surface area contributed by atoms with Crippen LogP contribution in [-0.2, 0) is 6.18 Å². The molecule has 0 spiro atoms. The molecule has 3 N–H and O–H groups in total. The summed E-state index contributed by atoms with van der Waals surface area (Å²) in [4.78, 5) is 11.6. The van der Waals surface area contributed by atoms with E-state index in [0.717, 1.165) is 12.1 Å². The van der Waals surface area contributed by atoms with Crippen molar-refractivity contribution in [3.05, 3.63) is 65.3 Å². The molecule has 2 heterocycles. The zero-order valence-corrected chi connectivity index (χ0v) is 14.8. The summed E-state index contributed by atoms with van der Waals surface area (Å²) < 4.78 is 44.0. The lowest BCUT2D eigenvalue weighted by molar-refractivity contribution is -0.137. The van der Waals surface area contributed by atoms with Gasteiger partial charge in [-0.05, 0) is 42.5 Å². The van der Waals surface area contributed by atoms with E-state index in [9.17, 15) is 13.2 Å². The third kappa shape index (κ3) is 3.46. The van der Waals surface area contributed by atoms with Crippen LogP contribution in [-0.4, -0.2) is 15.0 Å². The number of hydrogen-bond acceptors (Lipinski definition) is 4. The first-order valence-electron chi connectivity index (χ1n) is 8.07. The van der Waals surface area contributed by atoms with Gasteiger partial charge < -0.3 is 15.5 Å². The molecule has 0 fully saturated rings. The molecule has 0 aliphatic carbocycles. The van der Waals surface area contributed by atoms with E-state index in [4.69, 9.17) is 22.1 Å². The Morgan fingerprint density at radius 2 is 1.86 bits per heavy atom. The number of anilines is 1. The number of ether oxygens (including phenoxy) is 1. The number of benzene rings is 2. The summed E-state index contributed by atoms with van der Waals surface area (Å²) in [6.07, 6.45) is -2.75. The van der Waals surface area contributed by atoms with E-state index in [2.05, 4.69) is 15.0 Å². The molecule has 0 unspecified atom stereocenters. The van der Waals surface area contributed by atoms with Gasteiger partial charge in [-0.1, -0.05) is 17.7 Å². The SMILES string of the molecule is Nc1nc(-c2ccc(Oc3cccc(C(F)(F)F)c3)c(Cl)c2)nc2cc[nH]c12. The van der Waals surface area contributed by atoms with E-state index in [0.29, 0.717) is 28.2 Å². The van der Waals surface area contributed by atoms with E-state index >= 15 is 0 Å². The molecule has 4 rings (SSSR count). The molecule has 2 aromatic carbocycles. The summed E-state index contributed by atoms with van der Waals surface area (Å²) in [6, 6.07) is 11.1. The molecule has 28 heavy (non-hydrogen) atoms. The number of halogens is 4. The number of nitrogens with zero attached hydrogens (tertiary/aromatic N) is 2. The van der Waals surface area contributed by atoms with Gasteiger partial charge >= 0.3 is 6.18 Å². The minimum absolute atomic E-state index is 0.0266. The average Bonchev–Trinajstić information content (AvgIpc) is 3.12. The monoisotopic (exact) mass is 404 g/mol. The highest BCUT2D eigenvalue weighted by atomic mass is 35.5. The second-order valence-electron chi connectivity index (χ2n) is 5.94. The first-order chi connectivity index (χ1) is 13.3. The number of aromatic nitrogens is 3. The second kappa shape index (κ2) is 6.72. The average molecular weight is 405 g/mol. The third-order valence-electron chi connectivity index (χ3n) is 4.01. The van der Waals surface area contributed by atoms with Crippen molar-refractivity contribution in [2.24, 2.45) is 0 Å². The standard InChI is InChI=1S/C19H12ClF3N4O/c20-13-8-10(18-26-14-6-7-25-16(14)17(24)27-18)4-5-15(13)28-12-3-1-2-11(9-12)19(21,22)23/h1-9,25H,(H2,24,26,27). The van der Waals surface area contributed by atoms with Crippen LogP contribution in [0.15, 0.2) is 54.7 Å². The third-order valence-corrected chi connectivity index (χ3v) is 4.31. The van der Waals surface area contributed by atoms with Gasteiger partial charge in [0.15, 0.2) is 11.6 Å². The van der Waals surface area contributed by atoms with Crippen LogP contribution in [0.3, 0.4) is 0 Å². The lowest BCUT2D eigenvalue weighted by Gasteiger charge is -2.11. The van der Waals surface area contributed by atoms with Crippen LogP contribution in [0.1, 0.15) is 5.56 Å². The smallest absolute Gasteiger partial charge is 0.416 e. The lowest BCUT2D eigenvalue weighted by Crippen LogP contribution is -2.04. The number of nitrogen functional groups attached to an aromatic ring is 1. The normalized spacial score (nSPS) is 11.7. The number of hydrogen-bond donors (Lipinski definition) is 2. The van der Waals surface area contributed by atoms with Crippen LogP contribution in [0.4, 0.5) is 19.0 Å². The van der Waals surface area contributed by atoms with Gasteiger partial charge in [0.05, 0.1) is 16.1 Å². The molecular formula is C19H12ClF3N4O. The molecule has 0 atom stereocenters. The first kappa shape index (κ1) is 18.1. The molecule has 0 radical (unpaired) electrons. The number of nitrogens with two attached hydrogens (primary N) is 1. The molecule has 2 aromatic heterocycles. The molecule has 5 nitrogen and oxygen atoms in total. The Labute approximate surface area is 161 Å². The van der Waals surface area contributed by atoms with Crippen LogP contribution in [0.5, 0.6) is 11.5 Å². The molecule has 142 valence electrons. The van der Waals surface area contributed by atoms with Crippen molar-refractivity contribution >= 4 is 28.5 Å². The van der Waals surface area contributed by atoms with Gasteiger partial charge in [-0.3, -0.25) is 0 Å². The maximum Gasteiger partial charge on any atom is 0.416 e. The van der Waals surface area contributed by atoms with Gasteiger partial charge in [0.2, 0.25) is 0 Å². The van der Waals surface area contributed by atoms with Crippen LogP contribution >= 0.6 is 11.6 Å². The maximum absolute atomic E-state index is 12.8. The number of alkyl halides is 3. The molecule has 0 bridgehead atoms. The van der Waals surface area contributed by atoms with Gasteiger partial charge in [-0.2, -0.15) is 13.2 Å². The Morgan fingerprint density at radius 3 is 2.61 bits per heavy atom. The molecule has 0 amide bonds. The quantitative estimate of drug-likeness (QED) is 0.461. The van der Waals surface area contributed by atoms with Gasteiger partial charge in [-0.15, -0.1) is 0 Å². The van der Waals surface area contributed by atoms with Gasteiger partial charge in [-0.25, -0.2) is 9.97 Å². The van der Waals surface area contributed by atoms with Crippen molar-refractivity contribution in [2.45, 2.75) is 6.18 Å². The molecule has 9 heteroatoms. The van der Waals surface area contributed by atoms with Crippen molar-refractivity contribution < 1.29 is 17.9 Å². The van der Waals surface area contributed by atoms with Crippen LogP contribution in [0.2, 0.25) is 5.02 Å². The predicted molar refractivity (Wildman–Crippen MR) is 100 cm³/mol. The minimum Gasteiger partial charge on any atom is -0.456 e. The highest BCUT2D eigenvalue weighted by Gasteiger charge is 2.30.